The van der Waals surface area contributed by atoms with E-state index in [9.17, 15) is 13.3 Å². The van der Waals surface area contributed by atoms with Crippen LogP contribution in [-0.4, -0.2) is 18.2 Å². The van der Waals surface area contributed by atoms with Crippen LogP contribution in [0.2, 0.25) is 0 Å². The molecule has 0 N–H and O–H groups in total. The van der Waals surface area contributed by atoms with Gasteiger partial charge in [0.2, 0.25) is 0 Å². The van der Waals surface area contributed by atoms with Gasteiger partial charge in [0.25, 0.3) is 10.0 Å². The summed E-state index contributed by atoms with van der Waals surface area (Å²) in [6.07, 6.45) is 2.26. The molecule has 0 aliphatic carbocycles. The van der Waals surface area contributed by atoms with E-state index < -0.39 is 15.4 Å². The fourth-order valence-corrected chi connectivity index (χ4v) is 2.35. The van der Waals surface area contributed by atoms with Crippen LogP contribution in [0.3, 0.4) is 0 Å². The van der Waals surface area contributed by atoms with E-state index in [2.05, 4.69) is 5.29 Å². The molecule has 0 aromatic heterocycles. The lowest BCUT2D eigenvalue weighted by Gasteiger charge is -1.87. The van der Waals surface area contributed by atoms with Gasteiger partial charge in [-0.05, 0) is 6.42 Å². The normalized spacial score (nSPS) is 26.6. The van der Waals surface area contributed by atoms with Gasteiger partial charge in [0.1, 0.15) is 0 Å². The van der Waals surface area contributed by atoms with Crippen molar-refractivity contribution in [3.8, 4) is 0 Å². The van der Waals surface area contributed by atoms with Crippen LogP contribution < -0.4 is 0 Å². The molecule has 0 aromatic carbocycles. The summed E-state index contributed by atoms with van der Waals surface area (Å²) in [4.78, 5) is 9.85. The second-order valence-corrected chi connectivity index (χ2v) is 4.44. The van der Waals surface area contributed by atoms with Crippen molar-refractivity contribution < 1.29 is 8.42 Å². The highest BCUT2D eigenvalue weighted by Gasteiger charge is 2.55. The Balaban J connectivity index is 2.46. The minimum absolute atomic E-state index is 0.518. The van der Waals surface area contributed by atoms with Gasteiger partial charge in [-0.1, -0.05) is 19.8 Å². The molecule has 1 aliphatic rings. The average Bonchev–Trinajstić information content (AvgIpc) is 2.48. The zero-order chi connectivity index (χ0) is 8.48. The summed E-state index contributed by atoms with van der Waals surface area (Å²) in [6, 6.07) is 0. The maximum atomic E-state index is 10.8. The SMILES string of the molecule is CCCCC1N(N=O)S1(=O)=O. The van der Waals surface area contributed by atoms with Gasteiger partial charge in [-0.15, -0.1) is 9.32 Å². The molecular weight excluding hydrogens is 168 g/mol. The zero-order valence-electron chi connectivity index (χ0n) is 6.23. The molecule has 1 rings (SSSR count). The second-order valence-electron chi connectivity index (χ2n) is 2.50. The zero-order valence-corrected chi connectivity index (χ0v) is 7.04. The maximum Gasteiger partial charge on any atom is 0.277 e. The van der Waals surface area contributed by atoms with E-state index >= 15 is 0 Å². The van der Waals surface area contributed by atoms with Crippen molar-refractivity contribution >= 4 is 10.0 Å². The fourth-order valence-electron chi connectivity index (χ4n) is 0.969. The summed E-state index contributed by atoms with van der Waals surface area (Å²) in [5.74, 6) is 0. The van der Waals surface area contributed by atoms with E-state index in [0.29, 0.717) is 10.8 Å². The summed E-state index contributed by atoms with van der Waals surface area (Å²) in [5.41, 5.74) is 0. The van der Waals surface area contributed by atoms with Crippen LogP contribution in [-0.2, 0) is 10.0 Å². The molecule has 0 radical (unpaired) electrons. The average molecular weight is 178 g/mol. The minimum atomic E-state index is -3.27. The molecule has 1 saturated heterocycles. The molecule has 5 nitrogen and oxygen atoms in total. The summed E-state index contributed by atoms with van der Waals surface area (Å²) < 4.78 is 22.2. The third kappa shape index (κ3) is 1.35. The van der Waals surface area contributed by atoms with Crippen LogP contribution in [0.15, 0.2) is 5.29 Å². The Morgan fingerprint density at radius 1 is 1.55 bits per heavy atom. The van der Waals surface area contributed by atoms with Crippen LogP contribution in [0.25, 0.3) is 0 Å². The lowest BCUT2D eigenvalue weighted by atomic mass is 10.2. The lowest BCUT2D eigenvalue weighted by molar-refractivity contribution is 0.516. The van der Waals surface area contributed by atoms with Gasteiger partial charge in [0.05, 0.1) is 5.29 Å². The summed E-state index contributed by atoms with van der Waals surface area (Å²) in [6.45, 7) is 1.97. The minimum Gasteiger partial charge on any atom is -0.203 e. The van der Waals surface area contributed by atoms with Crippen molar-refractivity contribution in [1.29, 1.82) is 0 Å². The van der Waals surface area contributed by atoms with Crippen molar-refractivity contribution in [2.24, 2.45) is 5.29 Å². The predicted molar refractivity (Wildman–Crippen MR) is 39.9 cm³/mol. The Morgan fingerprint density at radius 2 is 2.18 bits per heavy atom. The molecule has 1 unspecified atom stereocenters. The molecule has 0 bridgehead atoms. The Hall–Kier alpha value is -0.650. The third-order valence-corrected chi connectivity index (χ3v) is 3.44. The molecule has 0 saturated carbocycles. The van der Waals surface area contributed by atoms with Gasteiger partial charge in [-0.25, -0.2) is 8.42 Å². The molecule has 1 atom stereocenters. The molecule has 64 valence electrons. The first-order valence-electron chi connectivity index (χ1n) is 3.51. The highest BCUT2D eigenvalue weighted by atomic mass is 32.2. The number of rotatable bonds is 4. The second kappa shape index (κ2) is 2.77. The molecule has 1 heterocycles. The van der Waals surface area contributed by atoms with Crippen LogP contribution in [0, 0.1) is 4.91 Å². The summed E-state index contributed by atoms with van der Waals surface area (Å²) >= 11 is 0. The van der Waals surface area contributed by atoms with Crippen molar-refractivity contribution in [2.45, 2.75) is 31.6 Å². The molecule has 0 amide bonds. The molecular formula is C5H10N2O3S. The van der Waals surface area contributed by atoms with Gasteiger partial charge < -0.3 is 0 Å². The molecule has 11 heavy (non-hydrogen) atoms. The first-order chi connectivity index (χ1) is 5.14. The first-order valence-corrected chi connectivity index (χ1v) is 5.01. The number of hydrogen-bond donors (Lipinski definition) is 0. The van der Waals surface area contributed by atoms with E-state index in [1.165, 1.54) is 0 Å². The number of nitrogens with zero attached hydrogens (tertiary/aromatic N) is 2. The van der Waals surface area contributed by atoms with Crippen molar-refractivity contribution in [2.75, 3.05) is 0 Å². The standard InChI is InChI=1S/C5H10N2O3S/c1-2-3-4-5-7(6-8)11(5,9)10/h5H,2-4H2,1H3. The van der Waals surface area contributed by atoms with Crippen molar-refractivity contribution in [1.82, 2.24) is 4.41 Å². The van der Waals surface area contributed by atoms with Crippen LogP contribution in [0.1, 0.15) is 26.2 Å². The van der Waals surface area contributed by atoms with Crippen LogP contribution in [0.5, 0.6) is 0 Å². The number of hydrogen-bond acceptors (Lipinski definition) is 4. The highest BCUT2D eigenvalue weighted by Crippen LogP contribution is 2.34. The van der Waals surface area contributed by atoms with E-state index in [1.807, 2.05) is 6.92 Å². The van der Waals surface area contributed by atoms with Gasteiger partial charge >= 0.3 is 0 Å². The van der Waals surface area contributed by atoms with E-state index in [4.69, 9.17) is 0 Å². The third-order valence-electron chi connectivity index (χ3n) is 1.69. The molecule has 0 spiro atoms. The van der Waals surface area contributed by atoms with Gasteiger partial charge in [0, 0.05) is 0 Å². The fraction of sp³-hybridized carbons (Fsp3) is 1.00. The molecule has 6 heteroatoms. The quantitative estimate of drug-likeness (QED) is 0.473. The number of sulfonamides is 1. The highest BCUT2D eigenvalue weighted by molar-refractivity contribution is 7.95. The molecule has 0 aromatic rings. The Labute approximate surface area is 65.4 Å². The number of nitroso groups, excluding NO2 is 1. The van der Waals surface area contributed by atoms with E-state index in [1.54, 1.807) is 0 Å². The first kappa shape index (κ1) is 8.45. The van der Waals surface area contributed by atoms with Gasteiger partial charge in [0.15, 0.2) is 5.37 Å². The van der Waals surface area contributed by atoms with Crippen molar-refractivity contribution in [3.05, 3.63) is 4.91 Å². The van der Waals surface area contributed by atoms with E-state index in [0.717, 1.165) is 12.8 Å². The predicted octanol–water partition coefficient (Wildman–Crippen LogP) is 0.830. The smallest absolute Gasteiger partial charge is 0.203 e. The van der Waals surface area contributed by atoms with Crippen LogP contribution in [0.4, 0.5) is 0 Å². The topological polar surface area (TPSA) is 66.6 Å². The maximum absolute atomic E-state index is 10.8. The van der Waals surface area contributed by atoms with Crippen molar-refractivity contribution in [3.63, 3.8) is 0 Å². The molecule has 1 fully saturated rings. The number of unbranched alkanes of at least 4 members (excludes halogenated alkanes) is 1. The Morgan fingerprint density at radius 3 is 2.55 bits per heavy atom. The largest absolute Gasteiger partial charge is 0.277 e. The Kier molecular flexibility index (Phi) is 2.12. The van der Waals surface area contributed by atoms with Crippen LogP contribution >= 0.6 is 0 Å². The lowest BCUT2D eigenvalue weighted by Crippen LogP contribution is -1.91. The molecule has 1 aliphatic heterocycles. The monoisotopic (exact) mass is 178 g/mol. The van der Waals surface area contributed by atoms with E-state index in [-0.39, 0.29) is 0 Å². The Bertz CT molecular complexity index is 248. The van der Waals surface area contributed by atoms with Gasteiger partial charge in [-0.2, -0.15) is 0 Å². The summed E-state index contributed by atoms with van der Waals surface area (Å²) in [5, 5.41) is 1.76. The van der Waals surface area contributed by atoms with Gasteiger partial charge in [-0.3, -0.25) is 0 Å². The summed E-state index contributed by atoms with van der Waals surface area (Å²) in [7, 11) is -3.27.